The maximum absolute atomic E-state index is 8.81. The first-order valence-corrected chi connectivity index (χ1v) is 6.50. The average Bonchev–Trinajstić information content (AvgIpc) is 2.46. The molecule has 1 aromatic carbocycles. The molecule has 0 radical (unpaired) electrons. The molecule has 2 rings (SSSR count). The van der Waals surface area contributed by atoms with Gasteiger partial charge in [-0.1, -0.05) is 0 Å². The van der Waals surface area contributed by atoms with Crippen molar-refractivity contribution in [3.63, 3.8) is 0 Å². The number of hydrogen-bond acceptors (Lipinski definition) is 5. The van der Waals surface area contributed by atoms with Crippen LogP contribution < -0.4 is 10.5 Å². The maximum Gasteiger partial charge on any atom is 0.156 e. The molecule has 1 unspecified atom stereocenters. The number of nitrogens with two attached hydrogens (primary N) is 1. The third kappa shape index (κ3) is 4.43. The molecule has 102 valence electrons. The standard InChI is InChI=1S/C14H19N3O2/c15-10-14-11-17(7-9-19-14)6-1-8-18-13-4-2-12(16)3-5-13/h2-5,14H,1,6-9,11,16H2. The molecule has 1 atom stereocenters. The van der Waals surface area contributed by atoms with Gasteiger partial charge in [0.2, 0.25) is 0 Å². The summed E-state index contributed by atoms with van der Waals surface area (Å²) in [5, 5.41) is 8.81. The molecule has 0 saturated carbocycles. The van der Waals surface area contributed by atoms with Crippen LogP contribution in [0.2, 0.25) is 0 Å². The van der Waals surface area contributed by atoms with Gasteiger partial charge >= 0.3 is 0 Å². The smallest absolute Gasteiger partial charge is 0.156 e. The predicted molar refractivity (Wildman–Crippen MR) is 72.8 cm³/mol. The van der Waals surface area contributed by atoms with E-state index >= 15 is 0 Å². The Hall–Kier alpha value is -1.77. The van der Waals surface area contributed by atoms with E-state index in [2.05, 4.69) is 11.0 Å². The van der Waals surface area contributed by atoms with E-state index < -0.39 is 0 Å². The summed E-state index contributed by atoms with van der Waals surface area (Å²) in [6.07, 6.45) is 0.648. The van der Waals surface area contributed by atoms with Crippen molar-refractivity contribution in [3.05, 3.63) is 24.3 Å². The lowest BCUT2D eigenvalue weighted by atomic mass is 10.2. The summed E-state index contributed by atoms with van der Waals surface area (Å²) in [7, 11) is 0. The van der Waals surface area contributed by atoms with E-state index in [4.69, 9.17) is 20.5 Å². The van der Waals surface area contributed by atoms with E-state index in [1.165, 1.54) is 0 Å². The summed E-state index contributed by atoms with van der Waals surface area (Å²) < 4.78 is 10.9. The molecule has 5 nitrogen and oxygen atoms in total. The number of morpholine rings is 1. The van der Waals surface area contributed by atoms with Gasteiger partial charge in [0.25, 0.3) is 0 Å². The predicted octanol–water partition coefficient (Wildman–Crippen LogP) is 1.26. The van der Waals surface area contributed by atoms with Crippen LogP contribution in [0.5, 0.6) is 5.75 Å². The molecule has 0 aliphatic carbocycles. The molecule has 1 aliphatic rings. The summed E-state index contributed by atoms with van der Waals surface area (Å²) in [4.78, 5) is 2.24. The molecular formula is C14H19N3O2. The van der Waals surface area contributed by atoms with Crippen molar-refractivity contribution in [1.82, 2.24) is 4.90 Å². The van der Waals surface area contributed by atoms with Gasteiger partial charge in [0.1, 0.15) is 5.75 Å². The number of rotatable bonds is 5. The fourth-order valence-corrected chi connectivity index (χ4v) is 2.03. The highest BCUT2D eigenvalue weighted by Gasteiger charge is 2.19. The monoisotopic (exact) mass is 261 g/mol. The van der Waals surface area contributed by atoms with Gasteiger partial charge in [-0.25, -0.2) is 0 Å². The molecule has 19 heavy (non-hydrogen) atoms. The van der Waals surface area contributed by atoms with Gasteiger partial charge in [0, 0.05) is 25.3 Å². The highest BCUT2D eigenvalue weighted by atomic mass is 16.5. The van der Waals surface area contributed by atoms with Crippen molar-refractivity contribution >= 4 is 5.69 Å². The van der Waals surface area contributed by atoms with Crippen LogP contribution in [0.3, 0.4) is 0 Å². The largest absolute Gasteiger partial charge is 0.494 e. The number of anilines is 1. The maximum atomic E-state index is 8.81. The Morgan fingerprint density at radius 2 is 2.21 bits per heavy atom. The van der Waals surface area contributed by atoms with E-state index in [1.807, 2.05) is 24.3 Å². The Labute approximate surface area is 113 Å². The van der Waals surface area contributed by atoms with E-state index in [0.29, 0.717) is 19.8 Å². The van der Waals surface area contributed by atoms with Crippen molar-refractivity contribution in [2.45, 2.75) is 12.5 Å². The molecule has 0 bridgehead atoms. The van der Waals surface area contributed by atoms with Crippen LogP contribution in [0.15, 0.2) is 24.3 Å². The zero-order chi connectivity index (χ0) is 13.5. The van der Waals surface area contributed by atoms with Crippen LogP contribution in [0.25, 0.3) is 0 Å². The van der Waals surface area contributed by atoms with E-state index in [0.717, 1.165) is 30.9 Å². The van der Waals surface area contributed by atoms with Gasteiger partial charge in [-0.2, -0.15) is 5.26 Å². The highest BCUT2D eigenvalue weighted by molar-refractivity contribution is 5.41. The van der Waals surface area contributed by atoms with Gasteiger partial charge in [-0.15, -0.1) is 0 Å². The normalized spacial score (nSPS) is 19.8. The third-order valence-electron chi connectivity index (χ3n) is 3.06. The average molecular weight is 261 g/mol. The van der Waals surface area contributed by atoms with Gasteiger partial charge < -0.3 is 15.2 Å². The van der Waals surface area contributed by atoms with Gasteiger partial charge in [-0.05, 0) is 30.7 Å². The van der Waals surface area contributed by atoms with Crippen molar-refractivity contribution in [3.8, 4) is 11.8 Å². The molecule has 1 saturated heterocycles. The van der Waals surface area contributed by atoms with Crippen molar-refractivity contribution in [1.29, 1.82) is 5.26 Å². The molecule has 1 aromatic rings. The zero-order valence-electron chi connectivity index (χ0n) is 10.9. The molecule has 2 N–H and O–H groups in total. The van der Waals surface area contributed by atoms with Crippen LogP contribution in [-0.2, 0) is 4.74 Å². The van der Waals surface area contributed by atoms with Crippen LogP contribution in [0.1, 0.15) is 6.42 Å². The Kier molecular flexibility index (Phi) is 5.01. The fraction of sp³-hybridized carbons (Fsp3) is 0.500. The first kappa shape index (κ1) is 13.7. The van der Waals surface area contributed by atoms with Crippen LogP contribution in [-0.4, -0.2) is 43.9 Å². The summed E-state index contributed by atoms with van der Waals surface area (Å²) in [5.41, 5.74) is 6.34. The van der Waals surface area contributed by atoms with Gasteiger partial charge in [0.05, 0.1) is 19.3 Å². The van der Waals surface area contributed by atoms with E-state index in [9.17, 15) is 0 Å². The third-order valence-corrected chi connectivity index (χ3v) is 3.06. The highest BCUT2D eigenvalue weighted by Crippen LogP contribution is 2.13. The van der Waals surface area contributed by atoms with Crippen LogP contribution >= 0.6 is 0 Å². The molecular weight excluding hydrogens is 242 g/mol. The Morgan fingerprint density at radius 3 is 2.95 bits per heavy atom. The molecule has 1 aliphatic heterocycles. The van der Waals surface area contributed by atoms with Crippen molar-refractivity contribution in [2.24, 2.45) is 0 Å². The minimum Gasteiger partial charge on any atom is -0.494 e. The molecule has 0 amide bonds. The molecule has 5 heteroatoms. The quantitative estimate of drug-likeness (QED) is 0.638. The van der Waals surface area contributed by atoms with Gasteiger partial charge in [0.15, 0.2) is 6.10 Å². The topological polar surface area (TPSA) is 71.5 Å². The lowest BCUT2D eigenvalue weighted by molar-refractivity contribution is -0.000844. The summed E-state index contributed by atoms with van der Waals surface area (Å²) >= 11 is 0. The number of ether oxygens (including phenoxy) is 2. The van der Waals surface area contributed by atoms with Crippen LogP contribution in [0.4, 0.5) is 5.69 Å². The van der Waals surface area contributed by atoms with Crippen LogP contribution in [0, 0.1) is 11.3 Å². The van der Waals surface area contributed by atoms with E-state index in [1.54, 1.807) is 0 Å². The minimum absolute atomic E-state index is 0.285. The summed E-state index contributed by atoms with van der Waals surface area (Å²) in [6.45, 7) is 3.81. The summed E-state index contributed by atoms with van der Waals surface area (Å²) in [6, 6.07) is 9.55. The second-order valence-electron chi connectivity index (χ2n) is 4.56. The SMILES string of the molecule is N#CC1CN(CCCOc2ccc(N)cc2)CCO1. The number of nitriles is 1. The minimum atomic E-state index is -0.285. The van der Waals surface area contributed by atoms with Crippen molar-refractivity contribution < 1.29 is 9.47 Å². The molecule has 1 heterocycles. The van der Waals surface area contributed by atoms with Gasteiger partial charge in [-0.3, -0.25) is 4.90 Å². The van der Waals surface area contributed by atoms with Crippen molar-refractivity contribution in [2.75, 3.05) is 38.6 Å². The number of nitrogen functional groups attached to an aromatic ring is 1. The summed E-state index contributed by atoms with van der Waals surface area (Å²) in [5.74, 6) is 0.839. The number of benzene rings is 1. The number of nitrogens with zero attached hydrogens (tertiary/aromatic N) is 2. The van der Waals surface area contributed by atoms with E-state index in [-0.39, 0.29) is 6.10 Å². The Balaban J connectivity index is 1.64. The Morgan fingerprint density at radius 1 is 1.42 bits per heavy atom. The number of hydrogen-bond donors (Lipinski definition) is 1. The second kappa shape index (κ2) is 6.98. The fourth-order valence-electron chi connectivity index (χ4n) is 2.03. The molecule has 0 spiro atoms. The molecule has 0 aromatic heterocycles. The lowest BCUT2D eigenvalue weighted by Crippen LogP contribution is -2.42. The first-order valence-electron chi connectivity index (χ1n) is 6.50. The first-order chi connectivity index (χ1) is 9.28. The lowest BCUT2D eigenvalue weighted by Gasteiger charge is -2.29. The Bertz CT molecular complexity index is 427. The zero-order valence-corrected chi connectivity index (χ0v) is 10.9. The second-order valence-corrected chi connectivity index (χ2v) is 4.56. The molecule has 1 fully saturated rings.